The molecule has 1 rings (SSSR count). The van der Waals surface area contributed by atoms with Crippen molar-refractivity contribution in [1.29, 1.82) is 0 Å². The smallest absolute Gasteiger partial charge is 0.245 e. The SMILES string of the molecule is C[C@H]1O[C@@H](O)C(O)(O)[C@@H](O)[C@@H]1O. The first-order valence-corrected chi connectivity index (χ1v) is 3.51. The number of ether oxygens (including phenoxy) is 1. The normalized spacial score (nSPS) is 47.5. The maximum atomic E-state index is 9.09. The van der Waals surface area contributed by atoms with E-state index in [9.17, 15) is 0 Å². The summed E-state index contributed by atoms with van der Waals surface area (Å²) in [6, 6.07) is 0. The van der Waals surface area contributed by atoms with Gasteiger partial charge in [0, 0.05) is 0 Å². The minimum atomic E-state index is -2.81. The molecule has 0 aromatic carbocycles. The van der Waals surface area contributed by atoms with Crippen LogP contribution >= 0.6 is 0 Å². The first-order valence-electron chi connectivity index (χ1n) is 3.51. The lowest BCUT2D eigenvalue weighted by atomic mass is 9.97. The molecule has 5 N–H and O–H groups in total. The van der Waals surface area contributed by atoms with Crippen molar-refractivity contribution in [2.24, 2.45) is 0 Å². The third-order valence-corrected chi connectivity index (χ3v) is 1.95. The minimum absolute atomic E-state index is 0.845. The van der Waals surface area contributed by atoms with Crippen LogP contribution in [0, 0.1) is 0 Å². The Bertz CT molecular complexity index is 169. The predicted molar refractivity (Wildman–Crippen MR) is 35.7 cm³/mol. The summed E-state index contributed by atoms with van der Waals surface area (Å²) in [5.41, 5.74) is 0. The van der Waals surface area contributed by atoms with E-state index < -0.39 is 30.4 Å². The van der Waals surface area contributed by atoms with Crippen molar-refractivity contribution in [3.8, 4) is 0 Å². The first-order chi connectivity index (χ1) is 5.37. The Morgan fingerprint density at radius 2 is 1.67 bits per heavy atom. The van der Waals surface area contributed by atoms with Crippen molar-refractivity contribution < 1.29 is 30.3 Å². The van der Waals surface area contributed by atoms with Crippen LogP contribution in [0.15, 0.2) is 0 Å². The average Bonchev–Trinajstić information content (AvgIpc) is 1.99. The van der Waals surface area contributed by atoms with E-state index in [-0.39, 0.29) is 0 Å². The van der Waals surface area contributed by atoms with E-state index in [0.29, 0.717) is 0 Å². The molecule has 1 saturated heterocycles. The second-order valence-electron chi connectivity index (χ2n) is 2.91. The van der Waals surface area contributed by atoms with Gasteiger partial charge in [-0.2, -0.15) is 0 Å². The fraction of sp³-hybridized carbons (Fsp3) is 1.00. The standard InChI is InChI=1S/C6H12O6/c1-2-3(7)4(8)6(10,11)5(9)12-2/h2-5,7-11H,1H3/t2-,3-,4+,5-/m1/s1. The molecule has 0 bridgehead atoms. The lowest BCUT2D eigenvalue weighted by Crippen LogP contribution is -2.65. The fourth-order valence-corrected chi connectivity index (χ4v) is 1.04. The molecule has 0 aromatic rings. The van der Waals surface area contributed by atoms with E-state index in [1.165, 1.54) is 6.92 Å². The molecular weight excluding hydrogens is 168 g/mol. The molecule has 6 nitrogen and oxygen atoms in total. The molecular formula is C6H12O6. The molecule has 0 saturated carbocycles. The Kier molecular flexibility index (Phi) is 2.39. The fourth-order valence-electron chi connectivity index (χ4n) is 1.04. The van der Waals surface area contributed by atoms with Gasteiger partial charge in [-0.25, -0.2) is 0 Å². The number of aliphatic hydroxyl groups excluding tert-OH is 3. The van der Waals surface area contributed by atoms with Gasteiger partial charge in [0.15, 0.2) is 0 Å². The highest BCUT2D eigenvalue weighted by atomic mass is 16.7. The van der Waals surface area contributed by atoms with E-state index in [4.69, 9.17) is 25.5 Å². The van der Waals surface area contributed by atoms with Crippen molar-refractivity contribution in [1.82, 2.24) is 0 Å². The number of hydrogen-bond donors (Lipinski definition) is 5. The van der Waals surface area contributed by atoms with Gasteiger partial charge in [-0.1, -0.05) is 0 Å². The summed E-state index contributed by atoms with van der Waals surface area (Å²) in [7, 11) is 0. The molecule has 72 valence electrons. The molecule has 0 spiro atoms. The van der Waals surface area contributed by atoms with Crippen LogP contribution in [-0.4, -0.2) is 55.9 Å². The van der Waals surface area contributed by atoms with Crippen LogP contribution in [0.25, 0.3) is 0 Å². The third-order valence-electron chi connectivity index (χ3n) is 1.95. The molecule has 1 heterocycles. The molecule has 12 heavy (non-hydrogen) atoms. The monoisotopic (exact) mass is 180 g/mol. The Labute approximate surface area is 68.6 Å². The second kappa shape index (κ2) is 2.91. The first kappa shape index (κ1) is 9.85. The van der Waals surface area contributed by atoms with Crippen molar-refractivity contribution in [3.63, 3.8) is 0 Å². The predicted octanol–water partition coefficient (Wildman–Crippen LogP) is -2.87. The summed E-state index contributed by atoms with van der Waals surface area (Å²) in [4.78, 5) is 0. The van der Waals surface area contributed by atoms with E-state index in [1.807, 2.05) is 0 Å². The molecule has 1 aliphatic heterocycles. The highest BCUT2D eigenvalue weighted by Crippen LogP contribution is 2.25. The molecule has 0 amide bonds. The lowest BCUT2D eigenvalue weighted by molar-refractivity contribution is -0.391. The van der Waals surface area contributed by atoms with Gasteiger partial charge < -0.3 is 30.3 Å². The van der Waals surface area contributed by atoms with E-state index in [1.54, 1.807) is 0 Å². The zero-order valence-corrected chi connectivity index (χ0v) is 6.45. The summed E-state index contributed by atoms with van der Waals surface area (Å²) >= 11 is 0. The molecule has 6 heteroatoms. The van der Waals surface area contributed by atoms with Crippen LogP contribution in [0.5, 0.6) is 0 Å². The van der Waals surface area contributed by atoms with E-state index in [2.05, 4.69) is 4.74 Å². The zero-order chi connectivity index (χ0) is 9.52. The van der Waals surface area contributed by atoms with Crippen molar-refractivity contribution in [2.45, 2.75) is 37.3 Å². The van der Waals surface area contributed by atoms with Crippen LogP contribution in [0.3, 0.4) is 0 Å². The molecule has 4 atom stereocenters. The molecule has 0 aliphatic carbocycles. The van der Waals surface area contributed by atoms with Crippen molar-refractivity contribution >= 4 is 0 Å². The number of aliphatic hydroxyl groups is 5. The summed E-state index contributed by atoms with van der Waals surface area (Å²) in [5, 5.41) is 45.0. The lowest BCUT2D eigenvalue weighted by Gasteiger charge is -2.41. The largest absolute Gasteiger partial charge is 0.387 e. The highest BCUT2D eigenvalue weighted by Gasteiger charge is 2.52. The highest BCUT2D eigenvalue weighted by molar-refractivity contribution is 4.91. The Morgan fingerprint density at radius 3 is 2.17 bits per heavy atom. The molecule has 0 unspecified atom stereocenters. The van der Waals surface area contributed by atoms with Crippen LogP contribution in [0.2, 0.25) is 0 Å². The summed E-state index contributed by atoms with van der Waals surface area (Å²) in [6.45, 7) is 1.40. The molecule has 1 aliphatic rings. The van der Waals surface area contributed by atoms with Gasteiger partial charge in [0.2, 0.25) is 12.1 Å². The summed E-state index contributed by atoms with van der Waals surface area (Å²) < 4.78 is 4.53. The summed E-state index contributed by atoms with van der Waals surface area (Å²) in [5.74, 6) is -2.81. The van der Waals surface area contributed by atoms with Gasteiger partial charge in [0.1, 0.15) is 12.2 Å². The quantitative estimate of drug-likeness (QED) is 0.256. The molecule has 0 radical (unpaired) electrons. The average molecular weight is 180 g/mol. The van der Waals surface area contributed by atoms with Crippen LogP contribution in [0.4, 0.5) is 0 Å². The maximum absolute atomic E-state index is 9.09. The summed E-state index contributed by atoms with van der Waals surface area (Å²) in [6.07, 6.45) is -6.02. The van der Waals surface area contributed by atoms with Gasteiger partial charge >= 0.3 is 0 Å². The van der Waals surface area contributed by atoms with Crippen LogP contribution in [-0.2, 0) is 4.74 Å². The van der Waals surface area contributed by atoms with E-state index in [0.717, 1.165) is 0 Å². The van der Waals surface area contributed by atoms with Gasteiger partial charge in [0.05, 0.1) is 6.10 Å². The number of hydrogen-bond acceptors (Lipinski definition) is 6. The number of rotatable bonds is 0. The molecule has 0 aromatic heterocycles. The Morgan fingerprint density at radius 1 is 1.17 bits per heavy atom. The van der Waals surface area contributed by atoms with E-state index >= 15 is 0 Å². The van der Waals surface area contributed by atoms with Crippen molar-refractivity contribution in [3.05, 3.63) is 0 Å². The second-order valence-corrected chi connectivity index (χ2v) is 2.91. The maximum Gasteiger partial charge on any atom is 0.245 e. The minimum Gasteiger partial charge on any atom is -0.387 e. The van der Waals surface area contributed by atoms with Gasteiger partial charge in [-0.15, -0.1) is 0 Å². The third kappa shape index (κ3) is 1.33. The Balaban J connectivity index is 2.80. The Hall–Kier alpha value is -0.240. The van der Waals surface area contributed by atoms with Crippen molar-refractivity contribution in [2.75, 3.05) is 0 Å². The van der Waals surface area contributed by atoms with Gasteiger partial charge in [-0.05, 0) is 6.92 Å². The van der Waals surface area contributed by atoms with Crippen LogP contribution in [0.1, 0.15) is 6.92 Å². The van der Waals surface area contributed by atoms with Gasteiger partial charge in [0.25, 0.3) is 0 Å². The van der Waals surface area contributed by atoms with Gasteiger partial charge in [-0.3, -0.25) is 0 Å². The topological polar surface area (TPSA) is 110 Å². The zero-order valence-electron chi connectivity index (χ0n) is 6.45. The molecule has 1 fully saturated rings. The van der Waals surface area contributed by atoms with Crippen LogP contribution < -0.4 is 0 Å².